The summed E-state index contributed by atoms with van der Waals surface area (Å²) in [5.74, 6) is 0.495. The van der Waals surface area contributed by atoms with E-state index in [1.807, 2.05) is 61.5 Å². The Labute approximate surface area is 222 Å². The number of piperidine rings is 1. The highest BCUT2D eigenvalue weighted by Crippen LogP contribution is 2.27. The van der Waals surface area contributed by atoms with Gasteiger partial charge in [-0.2, -0.15) is 4.98 Å². The number of carbonyl (C=O) groups is 2. The smallest absolute Gasteiger partial charge is 0.410 e. The average molecular weight is 518 g/mol. The van der Waals surface area contributed by atoms with Crippen LogP contribution in [0.5, 0.6) is 0 Å². The zero-order chi connectivity index (χ0) is 26.6. The Morgan fingerprint density at radius 2 is 1.97 bits per heavy atom. The first-order chi connectivity index (χ1) is 18.4. The topological polar surface area (TPSA) is 95.3 Å². The van der Waals surface area contributed by atoms with Crippen LogP contribution in [-0.4, -0.2) is 87.8 Å². The zero-order valence-corrected chi connectivity index (χ0v) is 22.3. The predicted octanol–water partition coefficient (Wildman–Crippen LogP) is 4.23. The molecule has 38 heavy (non-hydrogen) atoms. The third-order valence-electron chi connectivity index (χ3n) is 7.33. The number of fused-ring (bicyclic) bond motifs is 1. The van der Waals surface area contributed by atoms with Crippen LogP contribution in [0.2, 0.25) is 0 Å². The Hall–Kier alpha value is -3.92. The summed E-state index contributed by atoms with van der Waals surface area (Å²) in [6, 6.07) is 11.4. The van der Waals surface area contributed by atoms with Crippen LogP contribution >= 0.6 is 0 Å². The second-order valence-corrected chi connectivity index (χ2v) is 9.83. The molecule has 1 N–H and O–H groups in total. The van der Waals surface area contributed by atoms with Gasteiger partial charge < -0.3 is 19.9 Å². The molecule has 1 atom stereocenters. The number of hydrogen-bond donors (Lipinski definition) is 1. The highest BCUT2D eigenvalue weighted by Gasteiger charge is 2.27. The van der Waals surface area contributed by atoms with Crippen LogP contribution < -0.4 is 5.32 Å². The summed E-state index contributed by atoms with van der Waals surface area (Å²) in [6.07, 6.45) is 7.82. The highest BCUT2D eigenvalue weighted by molar-refractivity contribution is 5.94. The van der Waals surface area contributed by atoms with Crippen molar-refractivity contribution < 1.29 is 14.3 Å². The molecule has 0 radical (unpaired) electrons. The molecule has 10 nitrogen and oxygen atoms in total. The van der Waals surface area contributed by atoms with Crippen molar-refractivity contribution in [1.82, 2.24) is 29.3 Å². The van der Waals surface area contributed by atoms with E-state index in [-0.39, 0.29) is 18.2 Å². The van der Waals surface area contributed by atoms with Gasteiger partial charge in [-0.3, -0.25) is 9.69 Å². The largest absolute Gasteiger partial charge is 0.450 e. The lowest BCUT2D eigenvalue weighted by atomic mass is 10.0. The van der Waals surface area contributed by atoms with Crippen LogP contribution in [0.1, 0.15) is 48.5 Å². The summed E-state index contributed by atoms with van der Waals surface area (Å²) in [6.45, 7) is 4.30. The molecule has 200 valence electrons. The third-order valence-corrected chi connectivity index (χ3v) is 7.33. The van der Waals surface area contributed by atoms with Crippen LogP contribution in [0.25, 0.3) is 11.2 Å². The quantitative estimate of drug-likeness (QED) is 0.523. The summed E-state index contributed by atoms with van der Waals surface area (Å²) in [5.41, 5.74) is 4.33. The van der Waals surface area contributed by atoms with E-state index in [1.165, 1.54) is 6.42 Å². The van der Waals surface area contributed by atoms with Crippen LogP contribution in [0.4, 0.5) is 16.4 Å². The van der Waals surface area contributed by atoms with Crippen molar-refractivity contribution in [3.8, 4) is 0 Å². The Morgan fingerprint density at radius 1 is 1.16 bits per heavy atom. The van der Waals surface area contributed by atoms with E-state index in [0.717, 1.165) is 41.9 Å². The van der Waals surface area contributed by atoms with Gasteiger partial charge in [-0.1, -0.05) is 6.08 Å². The number of aromatic nitrogens is 3. The van der Waals surface area contributed by atoms with Gasteiger partial charge in [0.2, 0.25) is 5.95 Å². The van der Waals surface area contributed by atoms with Crippen molar-refractivity contribution >= 4 is 34.9 Å². The first-order valence-electron chi connectivity index (χ1n) is 13.3. The number of ether oxygens (including phenoxy) is 1. The normalized spacial score (nSPS) is 18.2. The molecule has 2 aliphatic rings. The van der Waals surface area contributed by atoms with E-state index >= 15 is 0 Å². The van der Waals surface area contributed by atoms with E-state index in [4.69, 9.17) is 9.72 Å². The maximum atomic E-state index is 13.1. The monoisotopic (exact) mass is 517 g/mol. The van der Waals surface area contributed by atoms with Crippen molar-refractivity contribution in [2.24, 2.45) is 0 Å². The molecule has 0 aliphatic carbocycles. The van der Waals surface area contributed by atoms with Gasteiger partial charge in [0.15, 0.2) is 5.65 Å². The first-order valence-corrected chi connectivity index (χ1v) is 13.3. The Kier molecular flexibility index (Phi) is 7.59. The Morgan fingerprint density at radius 3 is 2.68 bits per heavy atom. The summed E-state index contributed by atoms with van der Waals surface area (Å²) < 4.78 is 6.87. The van der Waals surface area contributed by atoms with Crippen molar-refractivity contribution in [3.05, 3.63) is 59.8 Å². The van der Waals surface area contributed by atoms with Gasteiger partial charge in [-0.05, 0) is 88.2 Å². The number of rotatable bonds is 6. The lowest BCUT2D eigenvalue weighted by Crippen LogP contribution is -2.49. The average Bonchev–Trinajstić information content (AvgIpc) is 3.36. The SMILES string of the molecule is CCOC(=O)N1CC=C(c2cccn3nc(Nc4ccc(C(=O)N(C)C5CCCCN5C)cc4)nc23)CC1. The van der Waals surface area contributed by atoms with E-state index < -0.39 is 0 Å². The standard InChI is InChI=1S/C28H35N7O3/c1-4-38-28(37)34-18-14-20(15-19-34)23-8-7-17-35-25(23)30-27(31-35)29-22-12-10-21(11-13-22)26(36)33(3)24-9-5-6-16-32(24)2/h7-8,10-14,17,24H,4-6,9,15-16,18-19H2,1-3H3,(H,29,31). The fourth-order valence-corrected chi connectivity index (χ4v) is 5.22. The molecule has 5 rings (SSSR count). The van der Waals surface area contributed by atoms with Gasteiger partial charge in [-0.15, -0.1) is 5.10 Å². The third kappa shape index (κ3) is 5.35. The van der Waals surface area contributed by atoms with Crippen LogP contribution in [-0.2, 0) is 4.74 Å². The number of benzene rings is 1. The molecular formula is C28H35N7O3. The number of nitrogens with zero attached hydrogens (tertiary/aromatic N) is 6. The van der Waals surface area contributed by atoms with Crippen molar-refractivity contribution in [1.29, 1.82) is 0 Å². The number of likely N-dealkylation sites (tertiary alicyclic amines) is 1. The number of nitrogens with one attached hydrogen (secondary N) is 1. The molecule has 10 heteroatoms. The lowest BCUT2D eigenvalue weighted by molar-refractivity contribution is 0.0358. The van der Waals surface area contributed by atoms with Gasteiger partial charge in [0.1, 0.15) is 0 Å². The molecule has 0 spiro atoms. The second kappa shape index (κ2) is 11.2. The Balaban J connectivity index is 1.28. The highest BCUT2D eigenvalue weighted by atomic mass is 16.6. The summed E-state index contributed by atoms with van der Waals surface area (Å²) in [5, 5.41) is 7.85. The predicted molar refractivity (Wildman–Crippen MR) is 146 cm³/mol. The molecule has 0 saturated carbocycles. The fourth-order valence-electron chi connectivity index (χ4n) is 5.22. The van der Waals surface area contributed by atoms with Crippen molar-refractivity contribution in [2.45, 2.75) is 38.8 Å². The van der Waals surface area contributed by atoms with Gasteiger partial charge in [-0.25, -0.2) is 9.31 Å². The Bertz CT molecular complexity index is 1330. The number of anilines is 2. The van der Waals surface area contributed by atoms with Gasteiger partial charge in [0.05, 0.1) is 12.8 Å². The number of pyridine rings is 1. The molecule has 1 unspecified atom stereocenters. The van der Waals surface area contributed by atoms with Crippen molar-refractivity contribution in [2.75, 3.05) is 45.7 Å². The molecule has 0 bridgehead atoms. The minimum Gasteiger partial charge on any atom is -0.450 e. The minimum atomic E-state index is -0.282. The maximum absolute atomic E-state index is 13.1. The van der Waals surface area contributed by atoms with Gasteiger partial charge >= 0.3 is 6.09 Å². The van der Waals surface area contributed by atoms with Crippen LogP contribution in [0.15, 0.2) is 48.7 Å². The molecule has 3 aromatic rings. The number of carbonyl (C=O) groups excluding carboxylic acids is 2. The van der Waals surface area contributed by atoms with E-state index in [9.17, 15) is 9.59 Å². The summed E-state index contributed by atoms with van der Waals surface area (Å²) >= 11 is 0. The van der Waals surface area contributed by atoms with Crippen LogP contribution in [0, 0.1) is 0 Å². The molecule has 1 saturated heterocycles. The van der Waals surface area contributed by atoms with Gasteiger partial charge in [0, 0.05) is 43.1 Å². The fraction of sp³-hybridized carbons (Fsp3) is 0.429. The summed E-state index contributed by atoms with van der Waals surface area (Å²) in [7, 11) is 3.96. The molecule has 2 aliphatic heterocycles. The maximum Gasteiger partial charge on any atom is 0.410 e. The van der Waals surface area contributed by atoms with Crippen LogP contribution in [0.3, 0.4) is 0 Å². The van der Waals surface area contributed by atoms with E-state index in [2.05, 4.69) is 28.4 Å². The molecule has 1 aromatic carbocycles. The molecule has 2 amide bonds. The number of hydrogen-bond acceptors (Lipinski definition) is 7. The minimum absolute atomic E-state index is 0.0214. The number of amides is 2. The van der Waals surface area contributed by atoms with E-state index in [0.29, 0.717) is 37.6 Å². The molecule has 4 heterocycles. The molecular weight excluding hydrogens is 482 g/mol. The summed E-state index contributed by atoms with van der Waals surface area (Å²) in [4.78, 5) is 35.6. The molecule has 2 aromatic heterocycles. The second-order valence-electron chi connectivity index (χ2n) is 9.83. The first kappa shape index (κ1) is 25.7. The molecule has 1 fully saturated rings. The lowest BCUT2D eigenvalue weighted by Gasteiger charge is -2.38. The van der Waals surface area contributed by atoms with E-state index in [1.54, 1.807) is 9.42 Å². The van der Waals surface area contributed by atoms with Crippen molar-refractivity contribution in [3.63, 3.8) is 0 Å². The van der Waals surface area contributed by atoms with Gasteiger partial charge in [0.25, 0.3) is 5.91 Å². The zero-order valence-electron chi connectivity index (χ0n) is 22.3.